The Labute approximate surface area is 125 Å². The van der Waals surface area contributed by atoms with E-state index in [9.17, 15) is 0 Å². The highest BCUT2D eigenvalue weighted by Crippen LogP contribution is 2.21. The number of nitrogens with zero attached hydrogens (tertiary/aromatic N) is 1. The summed E-state index contributed by atoms with van der Waals surface area (Å²) in [4.78, 5) is 5.71. The van der Waals surface area contributed by atoms with Gasteiger partial charge in [0.05, 0.1) is 12.1 Å². The molecule has 0 aliphatic carbocycles. The average molecular weight is 290 g/mol. The zero-order chi connectivity index (χ0) is 14.4. The van der Waals surface area contributed by atoms with E-state index in [1.165, 1.54) is 10.4 Å². The fourth-order valence-electron chi connectivity index (χ4n) is 2.42. The van der Waals surface area contributed by atoms with Gasteiger partial charge in [0, 0.05) is 11.1 Å². The number of hydrogen-bond donors (Lipinski definition) is 1. The molecule has 0 saturated carbocycles. The van der Waals surface area contributed by atoms with Crippen LogP contribution in [0.1, 0.15) is 15.4 Å². The average Bonchev–Trinajstić information content (AvgIpc) is 2.84. The van der Waals surface area contributed by atoms with Gasteiger partial charge in [-0.25, -0.2) is 4.98 Å². The zero-order valence-electron chi connectivity index (χ0n) is 12.3. The summed E-state index contributed by atoms with van der Waals surface area (Å²) < 4.78 is 5.29. The number of methoxy groups -OCH3 is 1. The Morgan fingerprint density at radius 2 is 2.20 bits per heavy atom. The molecule has 1 aromatic carbocycles. The molecular formula is C16H22N2OS. The van der Waals surface area contributed by atoms with Crippen LogP contribution >= 0.6 is 11.3 Å². The van der Waals surface area contributed by atoms with Gasteiger partial charge < -0.3 is 10.1 Å². The van der Waals surface area contributed by atoms with Crippen LogP contribution in [0.2, 0.25) is 0 Å². The molecule has 3 nitrogen and oxygen atoms in total. The summed E-state index contributed by atoms with van der Waals surface area (Å²) in [6.45, 7) is 3.07. The van der Waals surface area contributed by atoms with E-state index in [0.29, 0.717) is 5.92 Å². The second kappa shape index (κ2) is 7.41. The summed E-state index contributed by atoms with van der Waals surface area (Å²) in [5, 5.41) is 4.44. The monoisotopic (exact) mass is 290 g/mol. The van der Waals surface area contributed by atoms with Crippen LogP contribution in [0.4, 0.5) is 0 Å². The van der Waals surface area contributed by atoms with E-state index in [2.05, 4.69) is 35.4 Å². The molecule has 2 rings (SSSR count). The highest BCUT2D eigenvalue weighted by atomic mass is 32.1. The van der Waals surface area contributed by atoms with Crippen molar-refractivity contribution in [3.8, 4) is 5.75 Å². The molecule has 0 fully saturated rings. The number of thiazole rings is 1. The van der Waals surface area contributed by atoms with Gasteiger partial charge in [-0.2, -0.15) is 0 Å². The Kier molecular flexibility index (Phi) is 5.56. The maximum Gasteiger partial charge on any atom is 0.119 e. The SMILES string of the molecule is CNCC(Cc1cccc(OC)c1)Cc1cnc(C)s1. The Hall–Kier alpha value is -1.39. The molecule has 2 aromatic rings. The standard InChI is InChI=1S/C16H22N2OS/c1-12-18-11-16(20-12)9-14(10-17-2)7-13-5-4-6-15(8-13)19-3/h4-6,8,11,14,17H,7,9-10H2,1-3H3. The van der Waals surface area contributed by atoms with E-state index >= 15 is 0 Å². The van der Waals surface area contributed by atoms with Crippen molar-refractivity contribution >= 4 is 11.3 Å². The Morgan fingerprint density at radius 1 is 1.35 bits per heavy atom. The lowest BCUT2D eigenvalue weighted by atomic mass is 9.95. The van der Waals surface area contributed by atoms with Crippen molar-refractivity contribution in [2.24, 2.45) is 5.92 Å². The highest BCUT2D eigenvalue weighted by Gasteiger charge is 2.12. The molecule has 0 saturated heterocycles. The van der Waals surface area contributed by atoms with Crippen molar-refractivity contribution in [2.45, 2.75) is 19.8 Å². The van der Waals surface area contributed by atoms with Gasteiger partial charge in [-0.1, -0.05) is 12.1 Å². The summed E-state index contributed by atoms with van der Waals surface area (Å²) in [7, 11) is 3.72. The fraction of sp³-hybridized carbons (Fsp3) is 0.438. The summed E-state index contributed by atoms with van der Waals surface area (Å²) >= 11 is 1.80. The Bertz CT molecular complexity index is 539. The molecular weight excluding hydrogens is 268 g/mol. The number of ether oxygens (including phenoxy) is 1. The van der Waals surface area contributed by atoms with Gasteiger partial charge in [0.1, 0.15) is 5.75 Å². The lowest BCUT2D eigenvalue weighted by molar-refractivity contribution is 0.413. The maximum absolute atomic E-state index is 5.29. The fourth-order valence-corrected chi connectivity index (χ4v) is 3.33. The van der Waals surface area contributed by atoms with Crippen LogP contribution in [0.5, 0.6) is 5.75 Å². The van der Waals surface area contributed by atoms with Gasteiger partial charge in [-0.05, 0) is 57.0 Å². The lowest BCUT2D eigenvalue weighted by Gasteiger charge is -2.16. The van der Waals surface area contributed by atoms with E-state index in [1.54, 1.807) is 18.4 Å². The molecule has 0 radical (unpaired) electrons. The van der Waals surface area contributed by atoms with Crippen molar-refractivity contribution in [3.05, 3.63) is 45.9 Å². The first-order valence-electron chi connectivity index (χ1n) is 6.90. The van der Waals surface area contributed by atoms with Gasteiger partial charge in [-0.3, -0.25) is 0 Å². The van der Waals surface area contributed by atoms with E-state index in [-0.39, 0.29) is 0 Å². The first-order chi connectivity index (χ1) is 9.71. The van der Waals surface area contributed by atoms with Crippen LogP contribution < -0.4 is 10.1 Å². The first kappa shape index (κ1) is 15.0. The predicted molar refractivity (Wildman–Crippen MR) is 84.7 cm³/mol. The third-order valence-electron chi connectivity index (χ3n) is 3.31. The molecule has 4 heteroatoms. The number of benzene rings is 1. The van der Waals surface area contributed by atoms with Crippen LogP contribution in [-0.4, -0.2) is 25.7 Å². The minimum atomic E-state index is 0.576. The van der Waals surface area contributed by atoms with E-state index in [1.807, 2.05) is 19.3 Å². The molecule has 0 aliphatic rings. The van der Waals surface area contributed by atoms with Crippen LogP contribution in [-0.2, 0) is 12.8 Å². The minimum absolute atomic E-state index is 0.576. The van der Waals surface area contributed by atoms with Gasteiger partial charge in [0.2, 0.25) is 0 Å². The van der Waals surface area contributed by atoms with Crippen molar-refractivity contribution in [2.75, 3.05) is 20.7 Å². The summed E-state index contributed by atoms with van der Waals surface area (Å²) in [5.74, 6) is 1.51. The first-order valence-corrected chi connectivity index (χ1v) is 7.71. The number of hydrogen-bond acceptors (Lipinski definition) is 4. The number of nitrogens with one attached hydrogen (secondary N) is 1. The third kappa shape index (κ3) is 4.32. The lowest BCUT2D eigenvalue weighted by Crippen LogP contribution is -2.22. The van der Waals surface area contributed by atoms with Crippen LogP contribution in [0.3, 0.4) is 0 Å². The van der Waals surface area contributed by atoms with E-state index in [4.69, 9.17) is 4.74 Å². The second-order valence-corrected chi connectivity index (χ2v) is 6.35. The Balaban J connectivity index is 2.04. The molecule has 1 atom stereocenters. The molecule has 0 spiro atoms. The predicted octanol–water partition coefficient (Wildman–Crippen LogP) is 3.08. The second-order valence-electron chi connectivity index (χ2n) is 5.03. The minimum Gasteiger partial charge on any atom is -0.497 e. The van der Waals surface area contributed by atoms with Crippen molar-refractivity contribution in [1.29, 1.82) is 0 Å². The van der Waals surface area contributed by atoms with E-state index in [0.717, 1.165) is 30.1 Å². The summed E-state index contributed by atoms with van der Waals surface area (Å²) in [6, 6.07) is 8.34. The van der Waals surface area contributed by atoms with Crippen molar-refractivity contribution in [3.63, 3.8) is 0 Å². The summed E-state index contributed by atoms with van der Waals surface area (Å²) in [6.07, 6.45) is 4.13. The molecule has 108 valence electrons. The number of aromatic nitrogens is 1. The quantitative estimate of drug-likeness (QED) is 0.851. The number of rotatable bonds is 7. The van der Waals surface area contributed by atoms with Crippen LogP contribution in [0.15, 0.2) is 30.5 Å². The zero-order valence-corrected chi connectivity index (χ0v) is 13.2. The molecule has 0 amide bonds. The molecule has 1 unspecified atom stereocenters. The summed E-state index contributed by atoms with van der Waals surface area (Å²) in [5.41, 5.74) is 1.32. The van der Waals surface area contributed by atoms with Crippen LogP contribution in [0, 0.1) is 12.8 Å². The van der Waals surface area contributed by atoms with Crippen LogP contribution in [0.25, 0.3) is 0 Å². The van der Waals surface area contributed by atoms with Gasteiger partial charge in [0.25, 0.3) is 0 Å². The molecule has 0 aliphatic heterocycles. The maximum atomic E-state index is 5.29. The van der Waals surface area contributed by atoms with Crippen molar-refractivity contribution < 1.29 is 4.74 Å². The molecule has 1 heterocycles. The Morgan fingerprint density at radius 3 is 2.85 bits per heavy atom. The molecule has 1 aromatic heterocycles. The normalized spacial score (nSPS) is 12.3. The smallest absolute Gasteiger partial charge is 0.119 e. The molecule has 20 heavy (non-hydrogen) atoms. The van der Waals surface area contributed by atoms with Gasteiger partial charge in [-0.15, -0.1) is 11.3 Å². The van der Waals surface area contributed by atoms with Gasteiger partial charge >= 0.3 is 0 Å². The van der Waals surface area contributed by atoms with Crippen molar-refractivity contribution in [1.82, 2.24) is 10.3 Å². The van der Waals surface area contributed by atoms with Gasteiger partial charge in [0.15, 0.2) is 0 Å². The third-order valence-corrected chi connectivity index (χ3v) is 4.25. The van der Waals surface area contributed by atoms with E-state index < -0.39 is 0 Å². The molecule has 0 bridgehead atoms. The topological polar surface area (TPSA) is 34.1 Å². The highest BCUT2D eigenvalue weighted by molar-refractivity contribution is 7.11. The number of aryl methyl sites for hydroxylation is 1. The molecule has 1 N–H and O–H groups in total. The largest absolute Gasteiger partial charge is 0.497 e.